The molecule has 2 aromatic heterocycles. The van der Waals surface area contributed by atoms with Gasteiger partial charge in [-0.2, -0.15) is 0 Å². The Morgan fingerprint density at radius 3 is 2.70 bits per heavy atom. The lowest BCUT2D eigenvalue weighted by atomic mass is 9.91. The molecule has 0 saturated carbocycles. The van der Waals surface area contributed by atoms with E-state index in [-0.39, 0.29) is 11.9 Å². The van der Waals surface area contributed by atoms with Gasteiger partial charge < -0.3 is 9.88 Å². The summed E-state index contributed by atoms with van der Waals surface area (Å²) in [5, 5.41) is 2.93. The number of aryl methyl sites for hydroxylation is 2. The summed E-state index contributed by atoms with van der Waals surface area (Å²) < 4.78 is 23.3. The van der Waals surface area contributed by atoms with Crippen LogP contribution in [0.3, 0.4) is 0 Å². The van der Waals surface area contributed by atoms with Crippen LogP contribution in [0, 0.1) is 5.92 Å². The largest absolute Gasteiger partial charge is 0.345 e. The molecular weight excluding hydrogens is 434 g/mol. The second kappa shape index (κ2) is 9.89. The number of hydrogen-bond donors (Lipinski definition) is 2. The molecule has 1 aliphatic heterocycles. The molecule has 3 atom stereocenters. The van der Waals surface area contributed by atoms with Crippen molar-refractivity contribution in [3.05, 3.63) is 77.9 Å². The van der Waals surface area contributed by atoms with Crippen LogP contribution < -0.4 is 10.0 Å². The Balaban J connectivity index is 1.57. The summed E-state index contributed by atoms with van der Waals surface area (Å²) in [6.07, 6.45) is 8.46. The van der Waals surface area contributed by atoms with Gasteiger partial charge in [-0.1, -0.05) is 37.3 Å². The molecule has 3 heterocycles. The fourth-order valence-corrected chi connectivity index (χ4v) is 6.49. The van der Waals surface area contributed by atoms with E-state index in [0.29, 0.717) is 28.6 Å². The first-order valence-corrected chi connectivity index (χ1v) is 12.8. The van der Waals surface area contributed by atoms with Crippen molar-refractivity contribution in [2.75, 3.05) is 12.4 Å². The lowest BCUT2D eigenvalue weighted by molar-refractivity contribution is 0.101. The Bertz CT molecular complexity index is 1230. The van der Waals surface area contributed by atoms with Gasteiger partial charge in [-0.25, -0.2) is 13.3 Å². The van der Waals surface area contributed by atoms with Crippen LogP contribution >= 0.6 is 0 Å². The minimum Gasteiger partial charge on any atom is -0.345 e. The van der Waals surface area contributed by atoms with Gasteiger partial charge in [0, 0.05) is 50.0 Å². The third kappa shape index (κ3) is 5.02. The number of aromatic nitrogens is 2. The maximum atomic E-state index is 13.9. The molecule has 0 aliphatic carbocycles. The minimum absolute atomic E-state index is 0.0405. The lowest BCUT2D eigenvalue weighted by Gasteiger charge is -2.24. The average Bonchev–Trinajstić information content (AvgIpc) is 3.10. The molecule has 1 aromatic carbocycles. The number of pyridine rings is 1. The summed E-state index contributed by atoms with van der Waals surface area (Å²) in [6, 6.07) is 14.0. The lowest BCUT2D eigenvalue weighted by Crippen LogP contribution is -2.38. The number of hydrogen-bond acceptors (Lipinski definition) is 4. The number of fused-ring (bicyclic) bond motifs is 1. The summed E-state index contributed by atoms with van der Waals surface area (Å²) in [5.74, 6) is 0.0815. The molecule has 2 unspecified atom stereocenters. The average molecular weight is 466 g/mol. The van der Waals surface area contributed by atoms with Crippen molar-refractivity contribution in [2.45, 2.75) is 43.5 Å². The molecule has 33 heavy (non-hydrogen) atoms. The Hall–Kier alpha value is -2.97. The zero-order valence-corrected chi connectivity index (χ0v) is 20.1. The van der Waals surface area contributed by atoms with Crippen LogP contribution in [-0.4, -0.2) is 32.8 Å². The van der Waals surface area contributed by atoms with Crippen molar-refractivity contribution >= 4 is 21.5 Å². The molecule has 174 valence electrons. The number of nitrogens with one attached hydrogen (secondary N) is 2. The van der Waals surface area contributed by atoms with Gasteiger partial charge in [0.15, 0.2) is 0 Å². The second-order valence-electron chi connectivity index (χ2n) is 8.59. The summed E-state index contributed by atoms with van der Waals surface area (Å²) in [7, 11) is 0.549. The molecule has 2 N–H and O–H groups in total. The maximum absolute atomic E-state index is 13.9. The number of nitrogens with zero attached hydrogens (tertiary/aromatic N) is 3. The molecule has 0 fully saturated rings. The van der Waals surface area contributed by atoms with E-state index in [2.05, 4.69) is 50.6 Å². The highest BCUT2D eigenvalue weighted by Crippen LogP contribution is 2.31. The van der Waals surface area contributed by atoms with E-state index in [4.69, 9.17) is 0 Å². The van der Waals surface area contributed by atoms with Crippen LogP contribution in [0.1, 0.15) is 41.4 Å². The Morgan fingerprint density at radius 1 is 1.27 bits per heavy atom. The van der Waals surface area contributed by atoms with Crippen LogP contribution in [0.4, 0.5) is 5.69 Å². The zero-order chi connectivity index (χ0) is 23.4. The fourth-order valence-electron chi connectivity index (χ4n) is 4.47. The van der Waals surface area contributed by atoms with Crippen LogP contribution in [-0.2, 0) is 29.8 Å². The predicted octanol–water partition coefficient (Wildman–Crippen LogP) is 4.22. The van der Waals surface area contributed by atoms with Crippen molar-refractivity contribution in [1.82, 2.24) is 14.3 Å². The van der Waals surface area contributed by atoms with Crippen LogP contribution in [0.5, 0.6) is 0 Å². The molecule has 3 aromatic rings. The molecule has 0 spiro atoms. The second-order valence-corrected chi connectivity index (χ2v) is 10.7. The molecule has 7 nitrogen and oxygen atoms in total. The molecule has 1 amide bonds. The van der Waals surface area contributed by atoms with Crippen LogP contribution in [0.15, 0.2) is 70.3 Å². The van der Waals surface area contributed by atoms with Gasteiger partial charge in [0.25, 0.3) is 5.91 Å². The highest BCUT2D eigenvalue weighted by molar-refractivity contribution is 7.91. The zero-order valence-electron chi connectivity index (χ0n) is 19.3. The van der Waals surface area contributed by atoms with E-state index >= 15 is 0 Å². The van der Waals surface area contributed by atoms with Gasteiger partial charge in [-0.15, -0.1) is 0 Å². The smallest absolute Gasteiger partial charge is 0.272 e. The van der Waals surface area contributed by atoms with Crippen molar-refractivity contribution in [2.24, 2.45) is 17.3 Å². The number of amides is 1. The fraction of sp³-hybridized carbons (Fsp3) is 0.360. The van der Waals surface area contributed by atoms with Gasteiger partial charge >= 0.3 is 0 Å². The SMILES string of the molecule is CN=S1(=O)N[C@@H](C(C)CCc2ccccc2)CCc2c1cn(C)c2C(=O)Nc1ccncc1. The van der Waals surface area contributed by atoms with E-state index in [1.54, 1.807) is 42.3 Å². The Kier molecular flexibility index (Phi) is 6.95. The first-order chi connectivity index (χ1) is 15.9. The third-order valence-corrected chi connectivity index (χ3v) is 8.47. The number of carbonyl (C=O) groups excluding carboxylic acids is 1. The van der Waals surface area contributed by atoms with Gasteiger partial charge in [0.1, 0.15) is 15.6 Å². The van der Waals surface area contributed by atoms with Crippen LogP contribution in [0.2, 0.25) is 0 Å². The molecule has 0 radical (unpaired) electrons. The standard InChI is InChI=1S/C25H31N5O2S/c1-18(9-10-19-7-5-4-6-8-19)22-12-11-21-23(33(32,26-2)29-22)17-30(3)24(21)25(31)28-20-13-15-27-16-14-20/h4-8,13-18,22H,9-12H2,1-3H3,(H,26,29,32)(H,27,28,31)/t18?,22-,33?/m1/s1. The van der Waals surface area contributed by atoms with Crippen molar-refractivity contribution in [3.63, 3.8) is 0 Å². The topological polar surface area (TPSA) is 88.4 Å². The first kappa shape index (κ1) is 23.2. The number of carbonyl (C=O) groups is 1. The normalized spacial score (nSPS) is 21.0. The summed E-state index contributed by atoms with van der Waals surface area (Å²) in [6.45, 7) is 2.20. The van der Waals surface area contributed by atoms with Crippen molar-refractivity contribution in [3.8, 4) is 0 Å². The Labute approximate surface area is 196 Å². The molecule has 0 saturated heterocycles. The van der Waals surface area contributed by atoms with E-state index in [1.165, 1.54) is 5.56 Å². The van der Waals surface area contributed by atoms with Crippen molar-refractivity contribution in [1.29, 1.82) is 0 Å². The summed E-state index contributed by atoms with van der Waals surface area (Å²) >= 11 is 0. The van der Waals surface area contributed by atoms with Crippen molar-refractivity contribution < 1.29 is 9.00 Å². The quantitative estimate of drug-likeness (QED) is 0.571. The summed E-state index contributed by atoms with van der Waals surface area (Å²) in [4.78, 5) is 17.8. The molecule has 1 aliphatic rings. The first-order valence-electron chi connectivity index (χ1n) is 11.3. The number of benzene rings is 1. The predicted molar refractivity (Wildman–Crippen MR) is 132 cm³/mol. The monoisotopic (exact) mass is 465 g/mol. The van der Waals surface area contributed by atoms with Gasteiger partial charge in [0.05, 0.1) is 4.90 Å². The van der Waals surface area contributed by atoms with E-state index in [0.717, 1.165) is 24.8 Å². The van der Waals surface area contributed by atoms with Gasteiger partial charge in [-0.05, 0) is 49.3 Å². The van der Waals surface area contributed by atoms with E-state index in [1.807, 2.05) is 13.1 Å². The third-order valence-electron chi connectivity index (χ3n) is 6.39. The number of rotatable bonds is 6. The van der Waals surface area contributed by atoms with Gasteiger partial charge in [-0.3, -0.25) is 9.78 Å². The molecule has 0 bridgehead atoms. The molecular formula is C25H31N5O2S. The summed E-state index contributed by atoms with van der Waals surface area (Å²) in [5.41, 5.74) is 3.31. The van der Waals surface area contributed by atoms with E-state index < -0.39 is 9.92 Å². The van der Waals surface area contributed by atoms with Gasteiger partial charge in [0.2, 0.25) is 0 Å². The minimum atomic E-state index is -2.84. The molecule has 4 rings (SSSR count). The highest BCUT2D eigenvalue weighted by atomic mass is 32.2. The highest BCUT2D eigenvalue weighted by Gasteiger charge is 2.33. The maximum Gasteiger partial charge on any atom is 0.272 e. The number of anilines is 1. The molecule has 8 heteroatoms. The Morgan fingerprint density at radius 2 is 2.00 bits per heavy atom. The van der Waals surface area contributed by atoms with E-state index in [9.17, 15) is 9.00 Å². The van der Waals surface area contributed by atoms with Crippen LogP contribution in [0.25, 0.3) is 0 Å².